The number of nitro groups is 2. The number of benzene rings is 2. The largest absolute Gasteiger partial charge is 0.296 e. The number of hydrogen-bond donors (Lipinski definition) is 1. The summed E-state index contributed by atoms with van der Waals surface area (Å²) in [5.74, 6) is -0.487. The molecule has 11 heteroatoms. The molecule has 2 aromatic rings. The van der Waals surface area contributed by atoms with Crippen molar-refractivity contribution < 1.29 is 22.8 Å². The molecule has 0 spiro atoms. The fraction of sp³-hybridized carbons (Fsp3) is 0.278. The van der Waals surface area contributed by atoms with E-state index in [4.69, 9.17) is 0 Å². The summed E-state index contributed by atoms with van der Waals surface area (Å²) in [6.45, 7) is 0. The van der Waals surface area contributed by atoms with Gasteiger partial charge in [0.25, 0.3) is 21.5 Å². The minimum Gasteiger partial charge on any atom is -0.282 e. The number of nitro benzene ring substituents is 2. The molecule has 0 amide bonds. The molecule has 10 nitrogen and oxygen atoms in total. The third-order valence-corrected chi connectivity index (χ3v) is 5.68. The molecule has 0 saturated heterocycles. The van der Waals surface area contributed by atoms with Crippen molar-refractivity contribution in [3.05, 3.63) is 68.3 Å². The summed E-state index contributed by atoms with van der Waals surface area (Å²) in [6.07, 6.45) is 2.56. The number of nitrogens with zero attached hydrogens (tertiary/aromatic N) is 3. The molecule has 1 aliphatic rings. The molecule has 1 saturated carbocycles. The zero-order chi connectivity index (χ0) is 21.2. The highest BCUT2D eigenvalue weighted by molar-refractivity contribution is 7.86. The number of rotatable bonds is 5. The Kier molecular flexibility index (Phi) is 5.71. The highest BCUT2D eigenvalue weighted by atomic mass is 32.2. The normalized spacial score (nSPS) is 18.5. The molecule has 1 fully saturated rings. The Labute approximate surface area is 166 Å². The topological polar surface area (TPSA) is 153 Å². The number of non-ortho nitro benzene ring substituents is 1. The van der Waals surface area contributed by atoms with Gasteiger partial charge in [-0.1, -0.05) is 18.6 Å². The highest BCUT2D eigenvalue weighted by Crippen LogP contribution is 2.39. The van der Waals surface area contributed by atoms with Gasteiger partial charge in [0.05, 0.1) is 21.6 Å². The van der Waals surface area contributed by atoms with Crippen LogP contribution in [0.1, 0.15) is 37.2 Å². The van der Waals surface area contributed by atoms with E-state index in [1.165, 1.54) is 30.3 Å². The second kappa shape index (κ2) is 8.05. The molecule has 3 rings (SSSR count). The maximum atomic E-state index is 11.6. The van der Waals surface area contributed by atoms with E-state index in [0.717, 1.165) is 18.9 Å². The molecule has 2 aromatic carbocycles. The van der Waals surface area contributed by atoms with Gasteiger partial charge in [-0.2, -0.15) is 8.42 Å². The molecule has 0 aromatic heterocycles. The van der Waals surface area contributed by atoms with E-state index in [0.29, 0.717) is 24.1 Å². The quantitative estimate of drug-likeness (QED) is 0.433. The molecule has 29 heavy (non-hydrogen) atoms. The van der Waals surface area contributed by atoms with E-state index in [1.807, 2.05) is 0 Å². The van der Waals surface area contributed by atoms with Gasteiger partial charge >= 0.3 is 0 Å². The van der Waals surface area contributed by atoms with Crippen LogP contribution in [-0.2, 0) is 10.1 Å². The van der Waals surface area contributed by atoms with Crippen LogP contribution in [0.4, 0.5) is 17.1 Å². The first-order chi connectivity index (χ1) is 13.7. The van der Waals surface area contributed by atoms with Gasteiger partial charge < -0.3 is 0 Å². The van der Waals surface area contributed by atoms with Gasteiger partial charge in [-0.15, -0.1) is 0 Å². The molecule has 1 N–H and O–H groups in total. The van der Waals surface area contributed by atoms with E-state index >= 15 is 0 Å². The lowest BCUT2D eigenvalue weighted by Crippen LogP contribution is -2.19. The summed E-state index contributed by atoms with van der Waals surface area (Å²) in [5.41, 5.74) is 0.113. The van der Waals surface area contributed by atoms with Gasteiger partial charge in [0.15, 0.2) is 0 Å². The predicted molar refractivity (Wildman–Crippen MR) is 104 cm³/mol. The minimum absolute atomic E-state index is 0.0430. The fourth-order valence-corrected chi connectivity index (χ4v) is 4.11. The second-order valence-electron chi connectivity index (χ2n) is 6.60. The molecule has 0 radical (unpaired) electrons. The minimum atomic E-state index is -4.49. The average molecular weight is 419 g/mol. The SMILES string of the molecule is O=[N+]([O-])c1ccc(C2CCCCC2=Nc2ccccc2S(=O)(=O)O)c([N+](=O)[O-])c1. The lowest BCUT2D eigenvalue weighted by atomic mass is 9.81. The van der Waals surface area contributed by atoms with Crippen molar-refractivity contribution in [1.29, 1.82) is 0 Å². The van der Waals surface area contributed by atoms with E-state index < -0.39 is 25.9 Å². The van der Waals surface area contributed by atoms with Crippen molar-refractivity contribution in [2.75, 3.05) is 0 Å². The van der Waals surface area contributed by atoms with Crippen LogP contribution in [0.25, 0.3) is 0 Å². The van der Waals surface area contributed by atoms with E-state index in [-0.39, 0.29) is 22.0 Å². The Morgan fingerprint density at radius 2 is 1.76 bits per heavy atom. The van der Waals surface area contributed by atoms with Crippen molar-refractivity contribution in [3.63, 3.8) is 0 Å². The Balaban J connectivity index is 2.12. The molecule has 0 bridgehead atoms. The summed E-state index contributed by atoms with van der Waals surface area (Å²) in [7, 11) is -4.49. The Bertz CT molecular complexity index is 1110. The van der Waals surface area contributed by atoms with Crippen molar-refractivity contribution >= 4 is 32.9 Å². The zero-order valence-corrected chi connectivity index (χ0v) is 15.9. The van der Waals surface area contributed by atoms with Gasteiger partial charge in [0.1, 0.15) is 4.90 Å². The Hall–Kier alpha value is -3.18. The van der Waals surface area contributed by atoms with Crippen LogP contribution in [0.5, 0.6) is 0 Å². The maximum absolute atomic E-state index is 11.6. The van der Waals surface area contributed by atoms with Crippen LogP contribution in [-0.4, -0.2) is 28.5 Å². The smallest absolute Gasteiger partial charge is 0.282 e. The average Bonchev–Trinajstić information content (AvgIpc) is 2.67. The van der Waals surface area contributed by atoms with E-state index in [1.54, 1.807) is 6.07 Å². The first-order valence-corrected chi connectivity index (χ1v) is 10.2. The second-order valence-corrected chi connectivity index (χ2v) is 7.99. The number of aliphatic imine (C=N–C) groups is 1. The fourth-order valence-electron chi connectivity index (χ4n) is 3.49. The first-order valence-electron chi connectivity index (χ1n) is 8.75. The summed E-state index contributed by atoms with van der Waals surface area (Å²) in [6, 6.07) is 9.17. The van der Waals surface area contributed by atoms with Crippen molar-refractivity contribution in [2.24, 2.45) is 4.99 Å². The van der Waals surface area contributed by atoms with Crippen LogP contribution < -0.4 is 0 Å². The summed E-state index contributed by atoms with van der Waals surface area (Å²) in [4.78, 5) is 25.2. The van der Waals surface area contributed by atoms with Gasteiger partial charge in [-0.3, -0.25) is 29.8 Å². The molecule has 0 aliphatic heterocycles. The van der Waals surface area contributed by atoms with Gasteiger partial charge in [-0.05, 0) is 37.5 Å². The number of hydrogen-bond acceptors (Lipinski definition) is 7. The lowest BCUT2D eigenvalue weighted by molar-refractivity contribution is -0.394. The van der Waals surface area contributed by atoms with Crippen molar-refractivity contribution in [2.45, 2.75) is 36.5 Å². The van der Waals surface area contributed by atoms with Crippen LogP contribution in [0.15, 0.2) is 52.4 Å². The van der Waals surface area contributed by atoms with E-state index in [9.17, 15) is 33.2 Å². The van der Waals surface area contributed by atoms with Crippen molar-refractivity contribution in [1.82, 2.24) is 0 Å². The molecule has 152 valence electrons. The van der Waals surface area contributed by atoms with Gasteiger partial charge in [0, 0.05) is 23.3 Å². The molecule has 1 unspecified atom stereocenters. The number of para-hydroxylation sites is 1. The van der Waals surface area contributed by atoms with Crippen LogP contribution in [0.2, 0.25) is 0 Å². The van der Waals surface area contributed by atoms with E-state index in [2.05, 4.69) is 4.99 Å². The lowest BCUT2D eigenvalue weighted by Gasteiger charge is -2.24. The van der Waals surface area contributed by atoms with Gasteiger partial charge in [-0.25, -0.2) is 0 Å². The van der Waals surface area contributed by atoms with Crippen LogP contribution in [0.3, 0.4) is 0 Å². The van der Waals surface area contributed by atoms with Crippen LogP contribution >= 0.6 is 0 Å². The first kappa shape index (κ1) is 20.6. The third-order valence-electron chi connectivity index (χ3n) is 4.78. The predicted octanol–water partition coefficient (Wildman–Crippen LogP) is 4.18. The highest BCUT2D eigenvalue weighted by Gasteiger charge is 2.30. The Morgan fingerprint density at radius 3 is 2.41 bits per heavy atom. The summed E-state index contributed by atoms with van der Waals surface area (Å²) < 4.78 is 32.7. The monoisotopic (exact) mass is 419 g/mol. The summed E-state index contributed by atoms with van der Waals surface area (Å²) in [5, 5.41) is 22.5. The summed E-state index contributed by atoms with van der Waals surface area (Å²) >= 11 is 0. The molecular formula is C18H17N3O7S. The third kappa shape index (κ3) is 4.46. The molecule has 1 aliphatic carbocycles. The van der Waals surface area contributed by atoms with Crippen molar-refractivity contribution in [3.8, 4) is 0 Å². The van der Waals surface area contributed by atoms with Gasteiger partial charge in [0.2, 0.25) is 0 Å². The maximum Gasteiger partial charge on any atom is 0.296 e. The molecule has 0 heterocycles. The molecular weight excluding hydrogens is 402 g/mol. The van der Waals surface area contributed by atoms with Crippen LogP contribution in [0, 0.1) is 20.2 Å². The Morgan fingerprint density at radius 1 is 1.03 bits per heavy atom. The standard InChI is InChI=1S/C18H17N3O7S/c22-20(23)12-9-10-14(17(11-12)21(24)25)13-5-1-2-6-15(13)19-16-7-3-4-8-18(16)29(26,27)28/h3-4,7-11,13H,1-2,5-6H2,(H,26,27,28). The zero-order valence-electron chi connectivity index (χ0n) is 15.1. The molecule has 1 atom stereocenters.